The van der Waals surface area contributed by atoms with Crippen molar-refractivity contribution in [1.29, 1.82) is 0 Å². The van der Waals surface area contributed by atoms with Gasteiger partial charge in [-0.2, -0.15) is 0 Å². The van der Waals surface area contributed by atoms with E-state index in [0.717, 1.165) is 6.26 Å². The number of carbonyl (C=O) groups excluding carboxylic acids is 1. The van der Waals surface area contributed by atoms with Gasteiger partial charge in [0.25, 0.3) is 0 Å². The molecule has 0 bridgehead atoms. The highest BCUT2D eigenvalue weighted by Gasteiger charge is 2.25. The smallest absolute Gasteiger partial charge is 0.303 e. The van der Waals surface area contributed by atoms with Gasteiger partial charge in [-0.3, -0.25) is 9.59 Å². The van der Waals surface area contributed by atoms with Gasteiger partial charge in [-0.1, -0.05) is 19.9 Å². The summed E-state index contributed by atoms with van der Waals surface area (Å²) in [5.41, 5.74) is -0.151. The lowest BCUT2D eigenvalue weighted by Gasteiger charge is -2.21. The molecule has 1 aromatic rings. The second kappa shape index (κ2) is 8.14. The van der Waals surface area contributed by atoms with Crippen molar-refractivity contribution in [1.82, 2.24) is 0 Å². The van der Waals surface area contributed by atoms with Crippen LogP contribution in [0.3, 0.4) is 0 Å². The second-order valence-corrected chi connectivity index (χ2v) is 8.73. The number of anilines is 1. The van der Waals surface area contributed by atoms with Gasteiger partial charge in [-0.05, 0) is 17.5 Å². The molecule has 0 atom stereocenters. The number of carboxylic acid groups (broad SMARTS) is 1. The van der Waals surface area contributed by atoms with Gasteiger partial charge in [-0.15, -0.1) is 0 Å². The zero-order chi connectivity index (χ0) is 18.4. The van der Waals surface area contributed by atoms with E-state index in [-0.39, 0.29) is 31.1 Å². The number of aliphatic carboxylic acids is 1. The van der Waals surface area contributed by atoms with E-state index < -0.39 is 21.2 Å². The highest BCUT2D eigenvalue weighted by atomic mass is 32.2. The molecule has 2 N–H and O–H groups in total. The minimum absolute atomic E-state index is 0.0296. The molecule has 134 valence electrons. The number of ether oxygens (including phenoxy) is 1. The molecule has 0 saturated carbocycles. The van der Waals surface area contributed by atoms with E-state index in [2.05, 4.69) is 5.32 Å². The molecule has 0 spiro atoms. The number of carbonyl (C=O) groups is 2. The van der Waals surface area contributed by atoms with Crippen LogP contribution in [0.4, 0.5) is 5.69 Å². The molecule has 0 heterocycles. The molecule has 0 aliphatic heterocycles. The highest BCUT2D eigenvalue weighted by Crippen LogP contribution is 2.26. The molecule has 1 rings (SSSR count). The predicted molar refractivity (Wildman–Crippen MR) is 90.9 cm³/mol. The quantitative estimate of drug-likeness (QED) is 0.699. The molecule has 24 heavy (non-hydrogen) atoms. The molecule has 1 amide bonds. The standard InChI is InChI=1S/C16H23NO6S/c1-16(2,11-15(19)20)10-14(18)17-12-5-4-6-13(9-12)23-7-8-24(3,21)22/h4-6,9H,7-8,10-11H2,1-3H3,(H,17,18)(H,19,20). The van der Waals surface area contributed by atoms with Crippen LogP contribution in [0.15, 0.2) is 24.3 Å². The third kappa shape index (κ3) is 8.52. The number of nitrogens with one attached hydrogen (secondary N) is 1. The predicted octanol–water partition coefficient (Wildman–Crippen LogP) is 1.94. The summed E-state index contributed by atoms with van der Waals surface area (Å²) in [5.74, 6) is -0.891. The van der Waals surface area contributed by atoms with Crippen LogP contribution in [0.2, 0.25) is 0 Å². The Morgan fingerprint density at radius 2 is 1.92 bits per heavy atom. The van der Waals surface area contributed by atoms with Gasteiger partial charge >= 0.3 is 5.97 Å². The normalized spacial score (nSPS) is 11.8. The van der Waals surface area contributed by atoms with Crippen molar-refractivity contribution in [3.8, 4) is 5.75 Å². The van der Waals surface area contributed by atoms with Gasteiger partial charge in [0.1, 0.15) is 12.4 Å². The Bertz CT molecular complexity index is 696. The first-order valence-corrected chi connectivity index (χ1v) is 9.45. The average Bonchev–Trinajstić information content (AvgIpc) is 2.34. The number of carboxylic acids is 1. The van der Waals surface area contributed by atoms with Crippen molar-refractivity contribution >= 4 is 27.4 Å². The number of benzene rings is 1. The molecule has 7 nitrogen and oxygen atoms in total. The van der Waals surface area contributed by atoms with Crippen LogP contribution < -0.4 is 10.1 Å². The molecular weight excluding hydrogens is 334 g/mol. The number of hydrogen-bond acceptors (Lipinski definition) is 5. The van der Waals surface area contributed by atoms with Crippen LogP contribution in [0.5, 0.6) is 5.75 Å². The molecule has 0 saturated heterocycles. The molecule has 0 fully saturated rings. The van der Waals surface area contributed by atoms with E-state index in [1.807, 2.05) is 0 Å². The van der Waals surface area contributed by atoms with Gasteiger partial charge in [0.05, 0.1) is 12.2 Å². The summed E-state index contributed by atoms with van der Waals surface area (Å²) >= 11 is 0. The molecule has 0 radical (unpaired) electrons. The van der Waals surface area contributed by atoms with Crippen molar-refractivity contribution in [2.75, 3.05) is 23.9 Å². The first-order valence-electron chi connectivity index (χ1n) is 7.39. The summed E-state index contributed by atoms with van der Waals surface area (Å²) < 4.78 is 27.5. The van der Waals surface area contributed by atoms with Crippen molar-refractivity contribution in [2.24, 2.45) is 5.41 Å². The maximum absolute atomic E-state index is 12.0. The summed E-state index contributed by atoms with van der Waals surface area (Å²) in [6.45, 7) is 3.46. The lowest BCUT2D eigenvalue weighted by molar-refractivity contribution is -0.139. The molecule has 1 aromatic carbocycles. The number of hydrogen-bond donors (Lipinski definition) is 2. The maximum atomic E-state index is 12.0. The summed E-state index contributed by atoms with van der Waals surface area (Å²) in [6, 6.07) is 6.59. The maximum Gasteiger partial charge on any atom is 0.303 e. The number of amides is 1. The van der Waals surface area contributed by atoms with Crippen molar-refractivity contribution < 1.29 is 27.9 Å². The van der Waals surface area contributed by atoms with Gasteiger partial charge in [0.15, 0.2) is 9.84 Å². The van der Waals surface area contributed by atoms with Crippen LogP contribution in [0.1, 0.15) is 26.7 Å². The number of sulfone groups is 1. The molecule has 0 aromatic heterocycles. The third-order valence-corrected chi connectivity index (χ3v) is 4.02. The van der Waals surface area contributed by atoms with E-state index >= 15 is 0 Å². The summed E-state index contributed by atoms with van der Waals surface area (Å²) in [4.78, 5) is 22.8. The van der Waals surface area contributed by atoms with Gasteiger partial charge < -0.3 is 15.2 Å². The zero-order valence-electron chi connectivity index (χ0n) is 14.0. The Balaban J connectivity index is 2.60. The van der Waals surface area contributed by atoms with Crippen LogP contribution >= 0.6 is 0 Å². The minimum Gasteiger partial charge on any atom is -0.492 e. The Morgan fingerprint density at radius 1 is 1.25 bits per heavy atom. The Morgan fingerprint density at radius 3 is 2.50 bits per heavy atom. The monoisotopic (exact) mass is 357 g/mol. The highest BCUT2D eigenvalue weighted by molar-refractivity contribution is 7.90. The van der Waals surface area contributed by atoms with Gasteiger partial charge in [0.2, 0.25) is 5.91 Å². The first-order chi connectivity index (χ1) is 11.0. The fourth-order valence-electron chi connectivity index (χ4n) is 2.09. The first kappa shape index (κ1) is 20.0. The molecular formula is C16H23NO6S. The molecule has 0 unspecified atom stereocenters. The topological polar surface area (TPSA) is 110 Å². The summed E-state index contributed by atoms with van der Waals surface area (Å²) in [5, 5.41) is 11.5. The fourth-order valence-corrected chi connectivity index (χ4v) is 2.47. The lowest BCUT2D eigenvalue weighted by Crippen LogP contribution is -2.24. The number of rotatable bonds is 9. The fraction of sp³-hybridized carbons (Fsp3) is 0.500. The van der Waals surface area contributed by atoms with Crippen LogP contribution in [0, 0.1) is 5.41 Å². The molecule has 0 aliphatic carbocycles. The van der Waals surface area contributed by atoms with E-state index in [0.29, 0.717) is 11.4 Å². The second-order valence-electron chi connectivity index (χ2n) is 6.47. The average molecular weight is 357 g/mol. The minimum atomic E-state index is -3.10. The van der Waals surface area contributed by atoms with Crippen LogP contribution in [-0.2, 0) is 19.4 Å². The van der Waals surface area contributed by atoms with Gasteiger partial charge in [-0.25, -0.2) is 8.42 Å². The largest absolute Gasteiger partial charge is 0.492 e. The van der Waals surface area contributed by atoms with Crippen LogP contribution in [0.25, 0.3) is 0 Å². The summed E-state index contributed by atoms with van der Waals surface area (Å²) in [7, 11) is -3.10. The zero-order valence-corrected chi connectivity index (χ0v) is 14.9. The Labute approximate surface area is 141 Å². The van der Waals surface area contributed by atoms with Crippen molar-refractivity contribution in [3.63, 3.8) is 0 Å². The Hall–Kier alpha value is -2.09. The van der Waals surface area contributed by atoms with E-state index in [1.54, 1.807) is 38.1 Å². The van der Waals surface area contributed by atoms with Crippen LogP contribution in [-0.4, -0.2) is 44.0 Å². The van der Waals surface area contributed by atoms with Gasteiger partial charge in [0, 0.05) is 24.4 Å². The summed E-state index contributed by atoms with van der Waals surface area (Å²) in [6.07, 6.45) is 1.10. The Kier molecular flexibility index (Phi) is 6.77. The van der Waals surface area contributed by atoms with Crippen molar-refractivity contribution in [2.45, 2.75) is 26.7 Å². The third-order valence-electron chi connectivity index (χ3n) is 3.11. The van der Waals surface area contributed by atoms with E-state index in [1.165, 1.54) is 0 Å². The SMILES string of the molecule is CC(C)(CC(=O)O)CC(=O)Nc1cccc(OCCS(C)(=O)=O)c1. The lowest BCUT2D eigenvalue weighted by atomic mass is 9.85. The molecule has 8 heteroatoms. The molecule has 0 aliphatic rings. The van der Waals surface area contributed by atoms with Crippen molar-refractivity contribution in [3.05, 3.63) is 24.3 Å². The van der Waals surface area contributed by atoms with E-state index in [9.17, 15) is 18.0 Å². The van der Waals surface area contributed by atoms with E-state index in [4.69, 9.17) is 9.84 Å².